The lowest BCUT2D eigenvalue weighted by Gasteiger charge is -2.18. The van der Waals surface area contributed by atoms with Crippen LogP contribution in [0.25, 0.3) is 0 Å². The molecule has 0 aliphatic rings. The van der Waals surface area contributed by atoms with Gasteiger partial charge in [-0.3, -0.25) is 0 Å². The van der Waals surface area contributed by atoms with Crippen molar-refractivity contribution in [2.24, 2.45) is 0 Å². The van der Waals surface area contributed by atoms with Crippen LogP contribution in [-0.2, 0) is 0 Å². The molecule has 0 bridgehead atoms. The van der Waals surface area contributed by atoms with Gasteiger partial charge in [-0.2, -0.15) is 0 Å². The zero-order valence-corrected chi connectivity index (χ0v) is 14.5. The van der Waals surface area contributed by atoms with Gasteiger partial charge in [0.25, 0.3) is 0 Å². The Balaban J connectivity index is 2.38. The van der Waals surface area contributed by atoms with E-state index in [0.717, 1.165) is 27.2 Å². The van der Waals surface area contributed by atoms with Crippen molar-refractivity contribution in [1.82, 2.24) is 5.32 Å². The minimum absolute atomic E-state index is 0.0445. The monoisotopic (exact) mass is 375 g/mol. The molecule has 1 unspecified atom stereocenters. The predicted molar refractivity (Wildman–Crippen MR) is 88.3 cm³/mol. The van der Waals surface area contributed by atoms with E-state index in [9.17, 15) is 4.39 Å². The van der Waals surface area contributed by atoms with Crippen molar-refractivity contribution in [2.75, 3.05) is 6.54 Å². The summed E-state index contributed by atoms with van der Waals surface area (Å²) in [4.78, 5) is 1.13. The Morgan fingerprint density at radius 1 is 1.40 bits per heavy atom. The van der Waals surface area contributed by atoms with Crippen molar-refractivity contribution in [3.05, 3.63) is 54.9 Å². The van der Waals surface area contributed by atoms with Gasteiger partial charge in [0.15, 0.2) is 0 Å². The minimum Gasteiger partial charge on any atom is -0.306 e. The summed E-state index contributed by atoms with van der Waals surface area (Å²) in [5.41, 5.74) is 1.72. The maximum Gasteiger partial charge on any atom is 0.126 e. The van der Waals surface area contributed by atoms with Crippen molar-refractivity contribution < 1.29 is 4.39 Å². The standard InChI is InChI=1S/C15H16BrClFNS/c1-3-6-19-14(13-8-11(17)15(16)20-13)10-4-5-12(18)9(2)7-10/h4-5,7-8,14,19H,3,6H2,1-2H3. The summed E-state index contributed by atoms with van der Waals surface area (Å²) in [6.07, 6.45) is 1.04. The van der Waals surface area contributed by atoms with Crippen LogP contribution in [-0.4, -0.2) is 6.54 Å². The fourth-order valence-corrected chi connectivity index (χ4v) is 3.87. The van der Waals surface area contributed by atoms with Gasteiger partial charge in [-0.15, -0.1) is 11.3 Å². The fraction of sp³-hybridized carbons (Fsp3) is 0.333. The molecule has 1 aromatic carbocycles. The van der Waals surface area contributed by atoms with Crippen molar-refractivity contribution in [3.63, 3.8) is 0 Å². The van der Waals surface area contributed by atoms with E-state index in [1.165, 1.54) is 6.07 Å². The predicted octanol–water partition coefficient (Wildman–Crippen LogP) is 5.70. The molecule has 0 amide bonds. The molecule has 0 radical (unpaired) electrons. The third kappa shape index (κ3) is 3.61. The Labute approximate surface area is 136 Å². The van der Waals surface area contributed by atoms with E-state index >= 15 is 0 Å². The molecule has 5 heteroatoms. The van der Waals surface area contributed by atoms with Gasteiger partial charge in [0, 0.05) is 4.88 Å². The second kappa shape index (κ2) is 7.03. The molecule has 1 N–H and O–H groups in total. The molecule has 0 aliphatic carbocycles. The number of hydrogen-bond acceptors (Lipinski definition) is 2. The SMILES string of the molecule is CCCNC(c1ccc(F)c(C)c1)c1cc(Cl)c(Br)s1. The Hall–Kier alpha value is -0.420. The first-order valence-electron chi connectivity index (χ1n) is 6.47. The van der Waals surface area contributed by atoms with Crippen LogP contribution in [0.3, 0.4) is 0 Å². The van der Waals surface area contributed by atoms with Crippen LogP contribution < -0.4 is 5.32 Å². The van der Waals surface area contributed by atoms with Gasteiger partial charge in [-0.05, 0) is 59.1 Å². The van der Waals surface area contributed by atoms with Crippen molar-refractivity contribution in [2.45, 2.75) is 26.3 Å². The fourth-order valence-electron chi connectivity index (χ4n) is 2.02. The van der Waals surface area contributed by atoms with Crippen LogP contribution in [0.5, 0.6) is 0 Å². The Morgan fingerprint density at radius 3 is 2.70 bits per heavy atom. The Kier molecular flexibility index (Phi) is 5.61. The van der Waals surface area contributed by atoms with E-state index in [2.05, 4.69) is 28.2 Å². The van der Waals surface area contributed by atoms with Gasteiger partial charge < -0.3 is 5.32 Å². The highest BCUT2D eigenvalue weighted by Crippen LogP contribution is 2.37. The second-order valence-corrected chi connectivity index (χ2v) is 7.48. The first kappa shape index (κ1) is 16.0. The molecule has 0 spiro atoms. The zero-order chi connectivity index (χ0) is 14.7. The van der Waals surface area contributed by atoms with Crippen LogP contribution in [0.4, 0.5) is 4.39 Å². The average molecular weight is 377 g/mol. The molecular weight excluding hydrogens is 361 g/mol. The van der Waals surface area contributed by atoms with Crippen LogP contribution in [0, 0.1) is 12.7 Å². The van der Waals surface area contributed by atoms with Gasteiger partial charge in [0.1, 0.15) is 5.82 Å². The van der Waals surface area contributed by atoms with Crippen molar-refractivity contribution in [3.8, 4) is 0 Å². The molecule has 1 nitrogen and oxygen atoms in total. The topological polar surface area (TPSA) is 12.0 Å². The van der Waals surface area contributed by atoms with E-state index < -0.39 is 0 Å². The third-order valence-electron chi connectivity index (χ3n) is 3.06. The quantitative estimate of drug-likeness (QED) is 0.705. The van der Waals surface area contributed by atoms with E-state index in [1.807, 2.05) is 18.2 Å². The largest absolute Gasteiger partial charge is 0.306 e. The lowest BCUT2D eigenvalue weighted by Crippen LogP contribution is -2.22. The summed E-state index contributed by atoms with van der Waals surface area (Å²) in [7, 11) is 0. The molecule has 1 aromatic heterocycles. The minimum atomic E-state index is -0.173. The molecule has 2 aromatic rings. The number of benzene rings is 1. The highest BCUT2D eigenvalue weighted by Gasteiger charge is 2.18. The molecule has 0 aliphatic heterocycles. The first-order chi connectivity index (χ1) is 9.52. The Morgan fingerprint density at radius 2 is 2.15 bits per heavy atom. The number of nitrogens with one attached hydrogen (secondary N) is 1. The van der Waals surface area contributed by atoms with Crippen LogP contribution in [0.1, 0.15) is 35.4 Å². The van der Waals surface area contributed by atoms with Crippen molar-refractivity contribution in [1.29, 1.82) is 0 Å². The van der Waals surface area contributed by atoms with Gasteiger partial charge in [-0.25, -0.2) is 4.39 Å². The van der Waals surface area contributed by atoms with Crippen LogP contribution >= 0.6 is 38.9 Å². The number of aryl methyl sites for hydroxylation is 1. The van der Waals surface area contributed by atoms with Gasteiger partial charge in [0.2, 0.25) is 0 Å². The molecule has 0 saturated carbocycles. The van der Waals surface area contributed by atoms with E-state index in [-0.39, 0.29) is 11.9 Å². The molecule has 108 valence electrons. The molecule has 1 atom stereocenters. The lowest BCUT2D eigenvalue weighted by molar-refractivity contribution is 0.595. The maximum atomic E-state index is 13.4. The van der Waals surface area contributed by atoms with E-state index in [0.29, 0.717) is 10.6 Å². The molecule has 0 fully saturated rings. The second-order valence-electron chi connectivity index (χ2n) is 4.67. The third-order valence-corrected chi connectivity index (χ3v) is 5.60. The normalized spacial score (nSPS) is 12.7. The molecule has 1 heterocycles. The lowest BCUT2D eigenvalue weighted by atomic mass is 10.0. The van der Waals surface area contributed by atoms with Crippen molar-refractivity contribution >= 4 is 38.9 Å². The first-order valence-corrected chi connectivity index (χ1v) is 8.45. The summed E-state index contributed by atoms with van der Waals surface area (Å²) in [6.45, 7) is 4.80. The molecule has 0 saturated heterocycles. The van der Waals surface area contributed by atoms with Crippen LogP contribution in [0.2, 0.25) is 5.02 Å². The molecular formula is C15H16BrClFNS. The summed E-state index contributed by atoms with van der Waals surface area (Å²) in [6, 6.07) is 7.25. The number of rotatable bonds is 5. The number of thiophene rings is 1. The smallest absolute Gasteiger partial charge is 0.126 e. The average Bonchev–Trinajstić information content (AvgIpc) is 2.74. The summed E-state index contributed by atoms with van der Waals surface area (Å²) < 4.78 is 14.4. The summed E-state index contributed by atoms with van der Waals surface area (Å²) in [5, 5.41) is 4.21. The number of hydrogen-bond donors (Lipinski definition) is 1. The van der Waals surface area contributed by atoms with Crippen LogP contribution in [0.15, 0.2) is 28.1 Å². The summed E-state index contributed by atoms with van der Waals surface area (Å²) in [5.74, 6) is -0.173. The molecule has 20 heavy (non-hydrogen) atoms. The van der Waals surface area contributed by atoms with Gasteiger partial charge >= 0.3 is 0 Å². The number of halogens is 3. The van der Waals surface area contributed by atoms with Gasteiger partial charge in [0.05, 0.1) is 14.9 Å². The van der Waals surface area contributed by atoms with Gasteiger partial charge in [-0.1, -0.05) is 30.7 Å². The van der Waals surface area contributed by atoms with E-state index in [4.69, 9.17) is 11.6 Å². The maximum absolute atomic E-state index is 13.4. The molecule has 2 rings (SSSR count). The zero-order valence-electron chi connectivity index (χ0n) is 11.3. The van der Waals surface area contributed by atoms with E-state index in [1.54, 1.807) is 18.3 Å². The Bertz CT molecular complexity index is 580. The highest BCUT2D eigenvalue weighted by molar-refractivity contribution is 9.11. The highest BCUT2D eigenvalue weighted by atomic mass is 79.9. The summed E-state index contributed by atoms with van der Waals surface area (Å²) >= 11 is 11.2.